The molecule has 0 saturated carbocycles. The van der Waals surface area contributed by atoms with E-state index in [1.54, 1.807) is 17.0 Å². The lowest BCUT2D eigenvalue weighted by atomic mass is 10.2. The minimum absolute atomic E-state index is 0.429. The van der Waals surface area contributed by atoms with E-state index in [1.807, 2.05) is 31.2 Å². The Labute approximate surface area is 99.9 Å². The number of carbonyl (C=O) groups is 1. The lowest BCUT2D eigenvalue weighted by molar-refractivity contribution is 0.111. The second-order valence-electron chi connectivity index (χ2n) is 3.71. The lowest BCUT2D eigenvalue weighted by Crippen LogP contribution is -2.10. The first-order valence-corrected chi connectivity index (χ1v) is 5.46. The third kappa shape index (κ3) is 2.72. The van der Waals surface area contributed by atoms with Gasteiger partial charge in [-0.2, -0.15) is 0 Å². The molecular formula is C13H14N2O2. The largest absolute Gasteiger partial charge is 0.491 e. The van der Waals surface area contributed by atoms with Crippen molar-refractivity contribution in [3.63, 3.8) is 0 Å². The van der Waals surface area contributed by atoms with Crippen LogP contribution in [-0.2, 0) is 6.54 Å². The van der Waals surface area contributed by atoms with E-state index in [0.717, 1.165) is 17.6 Å². The molecule has 17 heavy (non-hydrogen) atoms. The molecule has 0 aliphatic heterocycles. The van der Waals surface area contributed by atoms with Crippen molar-refractivity contribution in [2.24, 2.45) is 0 Å². The van der Waals surface area contributed by atoms with Gasteiger partial charge in [0.2, 0.25) is 0 Å². The monoisotopic (exact) mass is 230 g/mol. The Bertz CT molecular complexity index is 506. The van der Waals surface area contributed by atoms with Crippen molar-refractivity contribution in [1.82, 2.24) is 9.55 Å². The molecule has 0 aliphatic rings. The van der Waals surface area contributed by atoms with Gasteiger partial charge in [-0.05, 0) is 18.6 Å². The summed E-state index contributed by atoms with van der Waals surface area (Å²) in [5, 5.41) is 0. The number of para-hydroxylation sites is 1. The van der Waals surface area contributed by atoms with Gasteiger partial charge in [0, 0.05) is 12.4 Å². The van der Waals surface area contributed by atoms with Gasteiger partial charge in [0.05, 0.1) is 6.54 Å². The van der Waals surface area contributed by atoms with Crippen molar-refractivity contribution in [3.8, 4) is 5.75 Å². The van der Waals surface area contributed by atoms with Crippen LogP contribution in [-0.4, -0.2) is 22.4 Å². The number of aldehydes is 1. The van der Waals surface area contributed by atoms with Crippen LogP contribution >= 0.6 is 0 Å². The molecule has 0 atom stereocenters. The minimum atomic E-state index is 0.429. The molecule has 0 N–H and O–H groups in total. The number of aromatic nitrogens is 2. The number of hydrogen-bond acceptors (Lipinski definition) is 3. The maximum Gasteiger partial charge on any atom is 0.185 e. The van der Waals surface area contributed by atoms with Crippen LogP contribution < -0.4 is 4.74 Å². The summed E-state index contributed by atoms with van der Waals surface area (Å²) in [6.07, 6.45) is 4.12. The normalized spacial score (nSPS) is 10.2. The van der Waals surface area contributed by atoms with Crippen molar-refractivity contribution in [2.75, 3.05) is 6.61 Å². The summed E-state index contributed by atoms with van der Waals surface area (Å²) in [6.45, 7) is 3.13. The van der Waals surface area contributed by atoms with E-state index in [4.69, 9.17) is 4.74 Å². The highest BCUT2D eigenvalue weighted by molar-refractivity contribution is 5.69. The van der Waals surface area contributed by atoms with Gasteiger partial charge in [0.1, 0.15) is 12.4 Å². The summed E-state index contributed by atoms with van der Waals surface area (Å²) in [4.78, 5) is 14.6. The SMILES string of the molecule is Cc1ccccc1OCCn1ccnc1C=O. The number of rotatable bonds is 5. The van der Waals surface area contributed by atoms with Crippen molar-refractivity contribution in [1.29, 1.82) is 0 Å². The Morgan fingerprint density at radius 1 is 1.41 bits per heavy atom. The van der Waals surface area contributed by atoms with Crippen molar-refractivity contribution in [3.05, 3.63) is 48.0 Å². The van der Waals surface area contributed by atoms with E-state index < -0.39 is 0 Å². The van der Waals surface area contributed by atoms with Crippen molar-refractivity contribution in [2.45, 2.75) is 13.5 Å². The van der Waals surface area contributed by atoms with Gasteiger partial charge in [-0.25, -0.2) is 4.98 Å². The number of aryl methyl sites for hydroxylation is 1. The zero-order chi connectivity index (χ0) is 12.1. The van der Waals surface area contributed by atoms with Crippen LogP contribution in [0.1, 0.15) is 16.2 Å². The fraction of sp³-hybridized carbons (Fsp3) is 0.231. The lowest BCUT2D eigenvalue weighted by Gasteiger charge is -2.09. The fourth-order valence-electron chi connectivity index (χ4n) is 1.60. The smallest absolute Gasteiger partial charge is 0.185 e. The Morgan fingerprint density at radius 2 is 2.24 bits per heavy atom. The van der Waals surface area contributed by atoms with Gasteiger partial charge >= 0.3 is 0 Å². The van der Waals surface area contributed by atoms with E-state index in [9.17, 15) is 4.79 Å². The van der Waals surface area contributed by atoms with E-state index in [1.165, 1.54) is 0 Å². The molecule has 1 aromatic heterocycles. The zero-order valence-electron chi connectivity index (χ0n) is 9.67. The molecule has 2 aromatic rings. The first kappa shape index (κ1) is 11.4. The molecule has 0 radical (unpaired) electrons. The Morgan fingerprint density at radius 3 is 3.00 bits per heavy atom. The maximum atomic E-state index is 10.7. The Kier molecular flexibility index (Phi) is 3.55. The average Bonchev–Trinajstić information content (AvgIpc) is 2.79. The summed E-state index contributed by atoms with van der Waals surface area (Å²) in [6, 6.07) is 7.85. The highest BCUT2D eigenvalue weighted by Gasteiger charge is 2.01. The molecule has 0 saturated heterocycles. The van der Waals surface area contributed by atoms with Crippen LogP contribution in [0.4, 0.5) is 0 Å². The predicted molar refractivity (Wildman–Crippen MR) is 64.3 cm³/mol. The van der Waals surface area contributed by atoms with Gasteiger partial charge in [-0.15, -0.1) is 0 Å². The van der Waals surface area contributed by atoms with Crippen LogP contribution in [0.3, 0.4) is 0 Å². The molecule has 0 fully saturated rings. The topological polar surface area (TPSA) is 44.1 Å². The molecular weight excluding hydrogens is 216 g/mol. The van der Waals surface area contributed by atoms with Gasteiger partial charge < -0.3 is 9.30 Å². The van der Waals surface area contributed by atoms with Gasteiger partial charge in [-0.3, -0.25) is 4.79 Å². The van der Waals surface area contributed by atoms with Crippen LogP contribution in [0.5, 0.6) is 5.75 Å². The molecule has 4 heteroatoms. The van der Waals surface area contributed by atoms with Gasteiger partial charge in [0.25, 0.3) is 0 Å². The summed E-state index contributed by atoms with van der Waals surface area (Å²) < 4.78 is 7.41. The van der Waals surface area contributed by atoms with E-state index >= 15 is 0 Å². The highest BCUT2D eigenvalue weighted by atomic mass is 16.5. The predicted octanol–water partition coefficient (Wildman–Crippen LogP) is 2.08. The maximum absolute atomic E-state index is 10.7. The number of benzene rings is 1. The van der Waals surface area contributed by atoms with E-state index in [2.05, 4.69) is 4.98 Å². The van der Waals surface area contributed by atoms with Crippen molar-refractivity contribution >= 4 is 6.29 Å². The molecule has 88 valence electrons. The first-order valence-electron chi connectivity index (χ1n) is 5.46. The second-order valence-corrected chi connectivity index (χ2v) is 3.71. The first-order chi connectivity index (χ1) is 8.31. The van der Waals surface area contributed by atoms with Crippen molar-refractivity contribution < 1.29 is 9.53 Å². The number of nitrogens with zero attached hydrogens (tertiary/aromatic N) is 2. The second kappa shape index (κ2) is 5.30. The third-order valence-corrected chi connectivity index (χ3v) is 2.54. The van der Waals surface area contributed by atoms with Crippen LogP contribution in [0.15, 0.2) is 36.7 Å². The summed E-state index contributed by atoms with van der Waals surface area (Å²) in [5.41, 5.74) is 1.11. The quantitative estimate of drug-likeness (QED) is 0.739. The van der Waals surface area contributed by atoms with E-state index in [0.29, 0.717) is 19.0 Å². The summed E-state index contributed by atoms with van der Waals surface area (Å²) in [5.74, 6) is 1.30. The minimum Gasteiger partial charge on any atom is -0.491 e. The van der Waals surface area contributed by atoms with E-state index in [-0.39, 0.29) is 0 Å². The molecule has 4 nitrogen and oxygen atoms in total. The number of hydrogen-bond donors (Lipinski definition) is 0. The van der Waals surface area contributed by atoms with Gasteiger partial charge in [0.15, 0.2) is 12.1 Å². The van der Waals surface area contributed by atoms with Crippen LogP contribution in [0.25, 0.3) is 0 Å². The molecule has 0 amide bonds. The number of ether oxygens (including phenoxy) is 1. The summed E-state index contributed by atoms with van der Waals surface area (Å²) >= 11 is 0. The number of carbonyl (C=O) groups excluding carboxylic acids is 1. The summed E-state index contributed by atoms with van der Waals surface area (Å²) in [7, 11) is 0. The number of imidazole rings is 1. The molecule has 1 aromatic carbocycles. The molecule has 1 heterocycles. The zero-order valence-corrected chi connectivity index (χ0v) is 9.67. The Balaban J connectivity index is 1.92. The molecule has 0 unspecified atom stereocenters. The van der Waals surface area contributed by atoms with Crippen LogP contribution in [0, 0.1) is 6.92 Å². The highest BCUT2D eigenvalue weighted by Crippen LogP contribution is 2.15. The molecule has 0 aliphatic carbocycles. The van der Waals surface area contributed by atoms with Gasteiger partial charge in [-0.1, -0.05) is 18.2 Å². The molecule has 2 rings (SSSR count). The molecule has 0 bridgehead atoms. The average molecular weight is 230 g/mol. The standard InChI is InChI=1S/C13H14N2O2/c1-11-4-2-3-5-12(11)17-9-8-15-7-6-14-13(15)10-16/h2-7,10H,8-9H2,1H3. The third-order valence-electron chi connectivity index (χ3n) is 2.54. The van der Waals surface area contributed by atoms with Crippen LogP contribution in [0.2, 0.25) is 0 Å². The fourth-order valence-corrected chi connectivity index (χ4v) is 1.60. The Hall–Kier alpha value is -2.10. The molecule has 0 spiro atoms.